The van der Waals surface area contributed by atoms with Gasteiger partial charge in [0.15, 0.2) is 0 Å². The van der Waals surface area contributed by atoms with E-state index in [4.69, 9.17) is 16.7 Å². The third-order valence-electron chi connectivity index (χ3n) is 3.79. The zero-order chi connectivity index (χ0) is 12.5. The van der Waals surface area contributed by atoms with Crippen LogP contribution in [-0.2, 0) is 0 Å². The van der Waals surface area contributed by atoms with E-state index in [0.29, 0.717) is 17.0 Å². The number of rotatable bonds is 4. The molecule has 98 valence electrons. The van der Waals surface area contributed by atoms with E-state index in [0.717, 1.165) is 37.6 Å². The maximum absolute atomic E-state index is 8.99. The predicted octanol–water partition coefficient (Wildman–Crippen LogP) is 2.22. The van der Waals surface area contributed by atoms with Gasteiger partial charge in [-0.3, -0.25) is 0 Å². The molecule has 1 atom stereocenters. The molecular weight excluding hydrogens is 250 g/mol. The molecule has 0 radical (unpaired) electrons. The summed E-state index contributed by atoms with van der Waals surface area (Å²) in [6.07, 6.45) is 4.38. The van der Waals surface area contributed by atoms with Crippen molar-refractivity contribution in [1.29, 1.82) is 0 Å². The van der Waals surface area contributed by atoms with Crippen molar-refractivity contribution >= 4 is 17.4 Å². The number of nitrogens with zero attached hydrogens (tertiary/aromatic N) is 3. The highest BCUT2D eigenvalue weighted by Crippen LogP contribution is 2.39. The standard InChI is InChI=1S/C13H18ClN3O/c14-11-7-12(16-13(15-11)10-1-2-10)17-5-3-9(8-17)4-6-18/h7,9-10,18H,1-6,8H2. The van der Waals surface area contributed by atoms with E-state index in [9.17, 15) is 0 Å². The van der Waals surface area contributed by atoms with E-state index in [-0.39, 0.29) is 6.61 Å². The molecule has 1 N–H and O–H groups in total. The average Bonchev–Trinajstić information content (AvgIpc) is 3.10. The summed E-state index contributed by atoms with van der Waals surface area (Å²) in [5, 5.41) is 9.54. The fourth-order valence-corrected chi connectivity index (χ4v) is 2.75. The van der Waals surface area contributed by atoms with Crippen LogP contribution in [0.2, 0.25) is 5.15 Å². The molecule has 1 aromatic heterocycles. The smallest absolute Gasteiger partial charge is 0.135 e. The number of hydrogen-bond donors (Lipinski definition) is 1. The minimum Gasteiger partial charge on any atom is -0.396 e. The first-order chi connectivity index (χ1) is 8.76. The highest BCUT2D eigenvalue weighted by molar-refractivity contribution is 6.29. The van der Waals surface area contributed by atoms with E-state index in [1.165, 1.54) is 12.8 Å². The van der Waals surface area contributed by atoms with Crippen molar-refractivity contribution in [2.24, 2.45) is 5.92 Å². The van der Waals surface area contributed by atoms with Crippen molar-refractivity contribution < 1.29 is 5.11 Å². The number of anilines is 1. The second kappa shape index (κ2) is 5.02. The number of aliphatic hydroxyl groups is 1. The van der Waals surface area contributed by atoms with Gasteiger partial charge in [-0.2, -0.15) is 0 Å². The molecule has 1 aliphatic carbocycles. The van der Waals surface area contributed by atoms with Crippen LogP contribution in [0.3, 0.4) is 0 Å². The SMILES string of the molecule is OCCC1CCN(c2cc(Cl)nc(C3CC3)n2)C1. The Bertz CT molecular complexity index is 436. The third kappa shape index (κ3) is 2.59. The first-order valence-corrected chi connectivity index (χ1v) is 7.04. The molecule has 2 heterocycles. The lowest BCUT2D eigenvalue weighted by molar-refractivity contribution is 0.263. The van der Waals surface area contributed by atoms with E-state index < -0.39 is 0 Å². The number of hydrogen-bond acceptors (Lipinski definition) is 4. The number of aromatic nitrogens is 2. The first kappa shape index (κ1) is 12.2. The number of halogens is 1. The van der Waals surface area contributed by atoms with Crippen LogP contribution in [0, 0.1) is 5.92 Å². The minimum atomic E-state index is 0.274. The fraction of sp³-hybridized carbons (Fsp3) is 0.692. The Labute approximate surface area is 112 Å². The second-order valence-electron chi connectivity index (χ2n) is 5.29. The maximum atomic E-state index is 8.99. The average molecular weight is 268 g/mol. The van der Waals surface area contributed by atoms with Crippen LogP contribution in [0.15, 0.2) is 6.07 Å². The summed E-state index contributed by atoms with van der Waals surface area (Å²) in [4.78, 5) is 11.2. The molecule has 1 unspecified atom stereocenters. The molecule has 3 rings (SSSR count). The van der Waals surface area contributed by atoms with Crippen molar-refractivity contribution in [2.75, 3.05) is 24.6 Å². The van der Waals surface area contributed by atoms with Gasteiger partial charge in [0, 0.05) is 31.7 Å². The van der Waals surface area contributed by atoms with Gasteiger partial charge in [0.25, 0.3) is 0 Å². The molecule has 4 nitrogen and oxygen atoms in total. The van der Waals surface area contributed by atoms with Crippen molar-refractivity contribution in [3.63, 3.8) is 0 Å². The predicted molar refractivity (Wildman–Crippen MR) is 71.0 cm³/mol. The van der Waals surface area contributed by atoms with Gasteiger partial charge < -0.3 is 10.0 Å². The normalized spacial score (nSPS) is 23.7. The van der Waals surface area contributed by atoms with Crippen LogP contribution in [-0.4, -0.2) is 34.8 Å². The van der Waals surface area contributed by atoms with E-state index in [1.54, 1.807) is 0 Å². The zero-order valence-electron chi connectivity index (χ0n) is 10.3. The largest absolute Gasteiger partial charge is 0.396 e. The molecule has 0 spiro atoms. The summed E-state index contributed by atoms with van der Waals surface area (Å²) < 4.78 is 0. The van der Waals surface area contributed by atoms with Gasteiger partial charge in [-0.25, -0.2) is 9.97 Å². The van der Waals surface area contributed by atoms with Crippen molar-refractivity contribution in [2.45, 2.75) is 31.6 Å². The van der Waals surface area contributed by atoms with Gasteiger partial charge in [0.05, 0.1) is 0 Å². The monoisotopic (exact) mass is 267 g/mol. The summed E-state index contributed by atoms with van der Waals surface area (Å²) in [6.45, 7) is 2.25. The fourth-order valence-electron chi connectivity index (χ4n) is 2.57. The van der Waals surface area contributed by atoms with Gasteiger partial charge in [0.1, 0.15) is 16.8 Å². The van der Waals surface area contributed by atoms with Gasteiger partial charge >= 0.3 is 0 Å². The molecule has 18 heavy (non-hydrogen) atoms. The lowest BCUT2D eigenvalue weighted by atomic mass is 10.1. The van der Waals surface area contributed by atoms with E-state index in [1.807, 2.05) is 6.07 Å². The Morgan fingerprint density at radius 2 is 2.17 bits per heavy atom. The van der Waals surface area contributed by atoms with Crippen molar-refractivity contribution in [1.82, 2.24) is 9.97 Å². The molecule has 1 aromatic rings. The third-order valence-corrected chi connectivity index (χ3v) is 3.98. The van der Waals surface area contributed by atoms with Crippen LogP contribution < -0.4 is 4.90 Å². The number of aliphatic hydroxyl groups excluding tert-OH is 1. The Kier molecular flexibility index (Phi) is 3.39. The topological polar surface area (TPSA) is 49.2 Å². The maximum Gasteiger partial charge on any atom is 0.135 e. The second-order valence-corrected chi connectivity index (χ2v) is 5.68. The Balaban J connectivity index is 1.75. The summed E-state index contributed by atoms with van der Waals surface area (Å²) in [5.41, 5.74) is 0. The molecule has 1 saturated carbocycles. The molecule has 0 amide bonds. The quantitative estimate of drug-likeness (QED) is 0.850. The van der Waals surface area contributed by atoms with Gasteiger partial charge in [0.2, 0.25) is 0 Å². The summed E-state index contributed by atoms with van der Waals surface area (Å²) in [5.74, 6) is 2.96. The molecule has 2 aliphatic rings. The highest BCUT2D eigenvalue weighted by atomic mass is 35.5. The van der Waals surface area contributed by atoms with Crippen LogP contribution in [0.5, 0.6) is 0 Å². The molecule has 0 bridgehead atoms. The Hall–Kier alpha value is -0.870. The van der Waals surface area contributed by atoms with E-state index >= 15 is 0 Å². The summed E-state index contributed by atoms with van der Waals surface area (Å²) in [6, 6.07) is 1.86. The first-order valence-electron chi connectivity index (χ1n) is 6.66. The summed E-state index contributed by atoms with van der Waals surface area (Å²) >= 11 is 6.08. The lowest BCUT2D eigenvalue weighted by Gasteiger charge is -2.18. The Morgan fingerprint density at radius 3 is 2.89 bits per heavy atom. The molecule has 1 saturated heterocycles. The van der Waals surface area contributed by atoms with Crippen LogP contribution >= 0.6 is 11.6 Å². The van der Waals surface area contributed by atoms with Gasteiger partial charge in [-0.1, -0.05) is 11.6 Å². The lowest BCUT2D eigenvalue weighted by Crippen LogP contribution is -2.21. The van der Waals surface area contributed by atoms with E-state index in [2.05, 4.69) is 14.9 Å². The molecule has 5 heteroatoms. The molecule has 1 aliphatic heterocycles. The zero-order valence-corrected chi connectivity index (χ0v) is 11.1. The highest BCUT2D eigenvalue weighted by Gasteiger charge is 2.29. The molecular formula is C13H18ClN3O. The van der Waals surface area contributed by atoms with Crippen LogP contribution in [0.4, 0.5) is 5.82 Å². The van der Waals surface area contributed by atoms with Crippen molar-refractivity contribution in [3.8, 4) is 0 Å². The van der Waals surface area contributed by atoms with Crippen LogP contribution in [0.1, 0.15) is 37.4 Å². The van der Waals surface area contributed by atoms with Gasteiger partial charge in [-0.05, 0) is 31.6 Å². The molecule has 2 fully saturated rings. The summed E-state index contributed by atoms with van der Waals surface area (Å²) in [7, 11) is 0. The minimum absolute atomic E-state index is 0.274. The van der Waals surface area contributed by atoms with Crippen LogP contribution in [0.25, 0.3) is 0 Å². The van der Waals surface area contributed by atoms with Crippen molar-refractivity contribution in [3.05, 3.63) is 17.0 Å². The Morgan fingerprint density at radius 1 is 1.33 bits per heavy atom. The molecule has 0 aromatic carbocycles. The van der Waals surface area contributed by atoms with Gasteiger partial charge in [-0.15, -0.1) is 0 Å².